The van der Waals surface area contributed by atoms with Crippen LogP contribution in [0.5, 0.6) is 0 Å². The Morgan fingerprint density at radius 3 is 2.63 bits per heavy atom. The number of carbonyl (C=O) groups is 1. The molecule has 0 aliphatic carbocycles. The highest BCUT2D eigenvalue weighted by molar-refractivity contribution is 14.0. The molecule has 0 unspecified atom stereocenters. The Morgan fingerprint density at radius 2 is 1.93 bits per heavy atom. The molecule has 0 aliphatic heterocycles. The number of hydrogen-bond donors (Lipinski definition) is 3. The number of guanidine groups is 1. The fraction of sp³-hybridized carbons (Fsp3) is 0.227. The van der Waals surface area contributed by atoms with Crippen molar-refractivity contribution in [1.29, 1.82) is 0 Å². The molecule has 3 aromatic rings. The second-order valence-electron chi connectivity index (χ2n) is 6.75. The van der Waals surface area contributed by atoms with Crippen LogP contribution in [0, 0.1) is 0 Å². The van der Waals surface area contributed by atoms with E-state index in [1.165, 1.54) is 6.92 Å². The van der Waals surface area contributed by atoms with E-state index in [0.29, 0.717) is 13.1 Å². The van der Waals surface area contributed by atoms with E-state index in [1.54, 1.807) is 7.05 Å². The quantitative estimate of drug-likeness (QED) is 0.263. The number of hydrogen-bond acceptors (Lipinski definition) is 3. The van der Waals surface area contributed by atoms with Gasteiger partial charge in [-0.15, -0.1) is 24.0 Å². The van der Waals surface area contributed by atoms with Gasteiger partial charge in [0.05, 0.1) is 18.4 Å². The van der Waals surface area contributed by atoms with Gasteiger partial charge in [-0.05, 0) is 23.3 Å². The molecule has 0 radical (unpaired) electrons. The van der Waals surface area contributed by atoms with E-state index >= 15 is 0 Å². The predicted octanol–water partition coefficient (Wildman–Crippen LogP) is 3.86. The largest absolute Gasteiger partial charge is 0.352 e. The number of aromatic nitrogens is 2. The zero-order valence-corrected chi connectivity index (χ0v) is 19.7. The zero-order valence-electron chi connectivity index (χ0n) is 17.3. The first-order valence-corrected chi connectivity index (χ1v) is 9.43. The number of rotatable bonds is 6. The summed E-state index contributed by atoms with van der Waals surface area (Å²) in [6.07, 6.45) is 1.85. The minimum absolute atomic E-state index is 0. The molecule has 0 atom stereocenters. The lowest BCUT2D eigenvalue weighted by atomic mass is 10.2. The molecule has 1 amide bonds. The van der Waals surface area contributed by atoms with Gasteiger partial charge in [-0.25, -0.2) is 4.98 Å². The Kier molecular flexibility index (Phi) is 8.85. The van der Waals surface area contributed by atoms with Crippen LogP contribution in [-0.2, 0) is 17.9 Å². The van der Waals surface area contributed by atoms with E-state index in [2.05, 4.69) is 37.7 Å². The highest BCUT2D eigenvalue weighted by Gasteiger charge is 2.10. The number of imidazole rings is 1. The van der Waals surface area contributed by atoms with Gasteiger partial charge in [0.1, 0.15) is 5.82 Å². The Labute approximate surface area is 194 Å². The maximum Gasteiger partial charge on any atom is 0.221 e. The minimum Gasteiger partial charge on any atom is -0.352 e. The van der Waals surface area contributed by atoms with Crippen LogP contribution in [0.3, 0.4) is 0 Å². The third kappa shape index (κ3) is 6.58. The lowest BCUT2D eigenvalue weighted by molar-refractivity contribution is -0.114. The van der Waals surface area contributed by atoms with Gasteiger partial charge in [-0.2, -0.15) is 0 Å². The molecule has 0 aliphatic rings. The van der Waals surface area contributed by atoms with E-state index in [0.717, 1.165) is 34.3 Å². The number of H-pyrrole nitrogens is 1. The summed E-state index contributed by atoms with van der Waals surface area (Å²) in [5.41, 5.74) is 3.93. The van der Waals surface area contributed by atoms with Crippen molar-refractivity contribution in [3.8, 4) is 11.3 Å². The van der Waals surface area contributed by atoms with Crippen molar-refractivity contribution in [3.63, 3.8) is 0 Å². The molecule has 0 saturated carbocycles. The molecule has 3 N–H and O–H groups in total. The van der Waals surface area contributed by atoms with E-state index in [-0.39, 0.29) is 29.9 Å². The van der Waals surface area contributed by atoms with Gasteiger partial charge in [0.2, 0.25) is 5.91 Å². The molecule has 3 rings (SSSR count). The van der Waals surface area contributed by atoms with Crippen molar-refractivity contribution >= 4 is 41.5 Å². The highest BCUT2D eigenvalue weighted by Crippen LogP contribution is 2.16. The summed E-state index contributed by atoms with van der Waals surface area (Å²) in [7, 11) is 3.72. The molecule has 8 heteroatoms. The maximum absolute atomic E-state index is 11.2. The molecule has 7 nitrogen and oxygen atoms in total. The molecule has 158 valence electrons. The number of benzene rings is 2. The SMILES string of the molecule is CN=C(NCc1cccc(NC(C)=O)c1)N(C)Cc1ncc(-c2ccccc2)[nH]1.I. The van der Waals surface area contributed by atoms with Gasteiger partial charge >= 0.3 is 0 Å². The van der Waals surface area contributed by atoms with Crippen molar-refractivity contribution in [1.82, 2.24) is 20.2 Å². The number of nitrogens with zero attached hydrogens (tertiary/aromatic N) is 3. The Hall–Kier alpha value is -2.88. The summed E-state index contributed by atoms with van der Waals surface area (Å²) in [5, 5.41) is 6.14. The van der Waals surface area contributed by atoms with Gasteiger partial charge < -0.3 is 20.5 Å². The van der Waals surface area contributed by atoms with E-state index in [1.807, 2.05) is 60.6 Å². The summed E-state index contributed by atoms with van der Waals surface area (Å²) in [4.78, 5) is 25.4. The fourth-order valence-corrected chi connectivity index (χ4v) is 3.03. The second kappa shape index (κ2) is 11.3. The molecule has 30 heavy (non-hydrogen) atoms. The summed E-state index contributed by atoms with van der Waals surface area (Å²) >= 11 is 0. The number of aliphatic imine (C=N–C) groups is 1. The number of halogens is 1. The predicted molar refractivity (Wildman–Crippen MR) is 132 cm³/mol. The standard InChI is InChI=1S/C22H26N6O.HI/c1-16(29)26-19-11-7-8-17(12-19)13-25-22(23-2)28(3)15-21-24-14-20(27-21)18-9-5-4-6-10-18;/h4-12,14H,13,15H2,1-3H3,(H,23,25)(H,24,27)(H,26,29);1H. The average Bonchev–Trinajstić information content (AvgIpc) is 3.17. The van der Waals surface area contributed by atoms with Crippen LogP contribution in [-0.4, -0.2) is 40.8 Å². The van der Waals surface area contributed by atoms with Gasteiger partial charge in [-0.3, -0.25) is 9.79 Å². The van der Waals surface area contributed by atoms with Gasteiger partial charge in [-0.1, -0.05) is 42.5 Å². The minimum atomic E-state index is -0.0843. The van der Waals surface area contributed by atoms with Crippen molar-refractivity contribution in [2.45, 2.75) is 20.0 Å². The fourth-order valence-electron chi connectivity index (χ4n) is 3.03. The van der Waals surface area contributed by atoms with Gasteiger partial charge in [0.15, 0.2) is 5.96 Å². The molecule has 0 saturated heterocycles. The Balaban J connectivity index is 0.00000320. The molecular formula is C22H27IN6O. The van der Waals surface area contributed by atoms with Gasteiger partial charge in [0, 0.05) is 33.3 Å². The molecular weight excluding hydrogens is 491 g/mol. The normalized spacial score (nSPS) is 10.8. The van der Waals surface area contributed by atoms with Crippen LogP contribution in [0.15, 0.2) is 65.8 Å². The first-order chi connectivity index (χ1) is 14.0. The van der Waals surface area contributed by atoms with Crippen LogP contribution < -0.4 is 10.6 Å². The number of amides is 1. The smallest absolute Gasteiger partial charge is 0.221 e. The van der Waals surface area contributed by atoms with Crippen LogP contribution in [0.4, 0.5) is 5.69 Å². The van der Waals surface area contributed by atoms with Crippen LogP contribution in [0.25, 0.3) is 11.3 Å². The van der Waals surface area contributed by atoms with E-state index in [4.69, 9.17) is 0 Å². The number of aromatic amines is 1. The van der Waals surface area contributed by atoms with Crippen molar-refractivity contribution in [3.05, 3.63) is 72.2 Å². The molecule has 0 fully saturated rings. The highest BCUT2D eigenvalue weighted by atomic mass is 127. The first-order valence-electron chi connectivity index (χ1n) is 9.43. The van der Waals surface area contributed by atoms with E-state index in [9.17, 15) is 4.79 Å². The zero-order chi connectivity index (χ0) is 20.6. The Morgan fingerprint density at radius 1 is 1.17 bits per heavy atom. The van der Waals surface area contributed by atoms with Gasteiger partial charge in [0.25, 0.3) is 0 Å². The molecule has 0 bridgehead atoms. The summed E-state index contributed by atoms with van der Waals surface area (Å²) in [6.45, 7) is 2.69. The topological polar surface area (TPSA) is 85.4 Å². The van der Waals surface area contributed by atoms with Crippen LogP contribution in [0.2, 0.25) is 0 Å². The van der Waals surface area contributed by atoms with Crippen LogP contribution >= 0.6 is 24.0 Å². The summed E-state index contributed by atoms with van der Waals surface area (Å²) in [6, 6.07) is 17.9. The number of carbonyl (C=O) groups excluding carboxylic acids is 1. The third-order valence-corrected chi connectivity index (χ3v) is 4.37. The van der Waals surface area contributed by atoms with Crippen molar-refractivity contribution in [2.75, 3.05) is 19.4 Å². The molecule has 2 aromatic carbocycles. The summed E-state index contributed by atoms with van der Waals surface area (Å²) < 4.78 is 0. The average molecular weight is 518 g/mol. The Bertz CT molecular complexity index is 986. The molecule has 1 heterocycles. The van der Waals surface area contributed by atoms with E-state index < -0.39 is 0 Å². The van der Waals surface area contributed by atoms with Crippen molar-refractivity contribution in [2.24, 2.45) is 4.99 Å². The number of nitrogens with one attached hydrogen (secondary N) is 3. The lowest BCUT2D eigenvalue weighted by Crippen LogP contribution is -2.38. The molecule has 1 aromatic heterocycles. The third-order valence-electron chi connectivity index (χ3n) is 4.37. The van der Waals surface area contributed by atoms with Crippen molar-refractivity contribution < 1.29 is 4.79 Å². The number of anilines is 1. The lowest BCUT2D eigenvalue weighted by Gasteiger charge is -2.21. The maximum atomic E-state index is 11.2. The monoisotopic (exact) mass is 518 g/mol. The molecule has 0 spiro atoms. The summed E-state index contributed by atoms with van der Waals surface area (Å²) in [5.74, 6) is 1.54. The second-order valence-corrected chi connectivity index (χ2v) is 6.75. The van der Waals surface area contributed by atoms with Crippen LogP contribution in [0.1, 0.15) is 18.3 Å². The first kappa shape index (κ1) is 23.4.